The van der Waals surface area contributed by atoms with E-state index in [-0.39, 0.29) is 16.5 Å². The molecule has 1 fully saturated rings. The largest absolute Gasteiger partial charge is 0.303 e. The zero-order valence-electron chi connectivity index (χ0n) is 10.2. The number of carbonyl (C=O) groups is 1. The molecule has 0 bridgehead atoms. The zero-order chi connectivity index (χ0) is 13.9. The van der Waals surface area contributed by atoms with Crippen LogP contribution in [0.5, 0.6) is 0 Å². The summed E-state index contributed by atoms with van der Waals surface area (Å²) >= 11 is 0. The van der Waals surface area contributed by atoms with Crippen LogP contribution in [0, 0.1) is 17.2 Å². The summed E-state index contributed by atoms with van der Waals surface area (Å²) in [5, 5.41) is 8.63. The molecule has 0 aliphatic carbocycles. The normalized spacial score (nSPS) is 17.8. The molecule has 100 valence electrons. The Morgan fingerprint density at radius 1 is 1.37 bits per heavy atom. The third kappa shape index (κ3) is 2.80. The van der Waals surface area contributed by atoms with Gasteiger partial charge in [0.05, 0.1) is 0 Å². The maximum absolute atomic E-state index is 12.3. The molecule has 0 spiro atoms. The van der Waals surface area contributed by atoms with Crippen LogP contribution in [0.1, 0.15) is 18.5 Å². The Hall–Kier alpha value is -1.78. The van der Waals surface area contributed by atoms with Crippen LogP contribution in [0.2, 0.25) is 0 Å². The minimum absolute atomic E-state index is 0.0504. The number of sulfonamides is 1. The molecule has 0 atom stereocenters. The minimum Gasteiger partial charge on any atom is -0.303 e. The Kier molecular flexibility index (Phi) is 3.93. The Balaban J connectivity index is 2.18. The molecule has 0 aromatic carbocycles. The fourth-order valence-electron chi connectivity index (χ4n) is 2.00. The zero-order valence-corrected chi connectivity index (χ0v) is 11.0. The summed E-state index contributed by atoms with van der Waals surface area (Å²) in [6.45, 7) is 0.678. The van der Waals surface area contributed by atoms with Crippen LogP contribution in [0.25, 0.3) is 0 Å². The predicted octanol–water partition coefficient (Wildman–Crippen LogP) is 0.553. The standard InChI is InChI=1S/C12H13N3O3S/c13-7-11-1-2-12(8-14-11)19(17,18)15-5-3-10(9-16)4-6-15/h1-2,8-10H,3-6H2. The molecule has 1 aliphatic heterocycles. The van der Waals surface area contributed by atoms with Gasteiger partial charge in [-0.05, 0) is 25.0 Å². The average Bonchev–Trinajstić information content (AvgIpc) is 2.47. The van der Waals surface area contributed by atoms with Gasteiger partial charge in [0, 0.05) is 25.2 Å². The van der Waals surface area contributed by atoms with Gasteiger partial charge in [-0.2, -0.15) is 9.57 Å². The second-order valence-corrected chi connectivity index (χ2v) is 6.31. The third-order valence-electron chi connectivity index (χ3n) is 3.18. The van der Waals surface area contributed by atoms with Crippen molar-refractivity contribution in [3.8, 4) is 6.07 Å². The smallest absolute Gasteiger partial charge is 0.244 e. The van der Waals surface area contributed by atoms with Crippen LogP contribution in [0.3, 0.4) is 0 Å². The number of hydrogen-bond acceptors (Lipinski definition) is 5. The van der Waals surface area contributed by atoms with Crippen molar-refractivity contribution < 1.29 is 13.2 Å². The Labute approximate surface area is 111 Å². The van der Waals surface area contributed by atoms with Crippen molar-refractivity contribution in [2.24, 2.45) is 5.92 Å². The number of aldehydes is 1. The maximum atomic E-state index is 12.3. The molecule has 1 aromatic rings. The Morgan fingerprint density at radius 3 is 2.53 bits per heavy atom. The van der Waals surface area contributed by atoms with E-state index >= 15 is 0 Å². The van der Waals surface area contributed by atoms with E-state index in [4.69, 9.17) is 5.26 Å². The van der Waals surface area contributed by atoms with E-state index in [1.807, 2.05) is 6.07 Å². The first-order valence-corrected chi connectivity index (χ1v) is 7.33. The SMILES string of the molecule is N#Cc1ccc(S(=O)(=O)N2CCC(C=O)CC2)cn1. The lowest BCUT2D eigenvalue weighted by molar-refractivity contribution is -0.112. The summed E-state index contributed by atoms with van der Waals surface area (Å²) in [7, 11) is -3.57. The van der Waals surface area contributed by atoms with Gasteiger partial charge in [0.15, 0.2) is 0 Å². The number of pyridine rings is 1. The second-order valence-electron chi connectivity index (χ2n) is 4.37. The van der Waals surface area contributed by atoms with Crippen molar-refractivity contribution in [1.82, 2.24) is 9.29 Å². The van der Waals surface area contributed by atoms with Gasteiger partial charge >= 0.3 is 0 Å². The highest BCUT2D eigenvalue weighted by atomic mass is 32.2. The van der Waals surface area contributed by atoms with Crippen molar-refractivity contribution in [1.29, 1.82) is 5.26 Å². The highest BCUT2D eigenvalue weighted by molar-refractivity contribution is 7.89. The molecule has 19 heavy (non-hydrogen) atoms. The number of hydrogen-bond donors (Lipinski definition) is 0. The summed E-state index contributed by atoms with van der Waals surface area (Å²) in [6, 6.07) is 4.60. The maximum Gasteiger partial charge on any atom is 0.244 e. The van der Waals surface area contributed by atoms with E-state index in [1.54, 1.807) is 0 Å². The molecule has 1 aromatic heterocycles. The summed E-state index contributed by atoms with van der Waals surface area (Å²) < 4.78 is 26.0. The lowest BCUT2D eigenvalue weighted by Gasteiger charge is -2.28. The van der Waals surface area contributed by atoms with Crippen LogP contribution in [0.4, 0.5) is 0 Å². The molecule has 1 saturated heterocycles. The van der Waals surface area contributed by atoms with Crippen LogP contribution in [0.15, 0.2) is 23.2 Å². The van der Waals surface area contributed by atoms with E-state index in [9.17, 15) is 13.2 Å². The van der Waals surface area contributed by atoms with Gasteiger partial charge in [-0.3, -0.25) is 0 Å². The number of carbonyl (C=O) groups excluding carboxylic acids is 1. The number of nitrogens with zero attached hydrogens (tertiary/aromatic N) is 3. The van der Waals surface area contributed by atoms with Gasteiger partial charge < -0.3 is 4.79 Å². The fraction of sp³-hybridized carbons (Fsp3) is 0.417. The molecule has 2 rings (SSSR count). The summed E-state index contributed by atoms with van der Waals surface area (Å²) in [5.74, 6) is -0.0504. The van der Waals surface area contributed by atoms with Crippen molar-refractivity contribution in [3.63, 3.8) is 0 Å². The number of rotatable bonds is 3. The minimum atomic E-state index is -3.57. The third-order valence-corrected chi connectivity index (χ3v) is 5.06. The molecule has 2 heterocycles. The molecule has 0 radical (unpaired) electrons. The highest BCUT2D eigenvalue weighted by Crippen LogP contribution is 2.22. The van der Waals surface area contributed by atoms with Gasteiger partial charge in [0.25, 0.3) is 0 Å². The number of aromatic nitrogens is 1. The number of nitriles is 1. The molecule has 6 nitrogen and oxygen atoms in total. The highest BCUT2D eigenvalue weighted by Gasteiger charge is 2.29. The van der Waals surface area contributed by atoms with Gasteiger partial charge in [0.1, 0.15) is 22.9 Å². The van der Waals surface area contributed by atoms with E-state index < -0.39 is 10.0 Å². The van der Waals surface area contributed by atoms with E-state index in [1.165, 1.54) is 22.6 Å². The summed E-state index contributed by atoms with van der Waals surface area (Å²) in [6.07, 6.45) is 3.17. The first-order chi connectivity index (χ1) is 9.07. The summed E-state index contributed by atoms with van der Waals surface area (Å²) in [4.78, 5) is 14.5. The van der Waals surface area contributed by atoms with Gasteiger partial charge in [0.2, 0.25) is 10.0 Å². The second kappa shape index (κ2) is 5.47. The van der Waals surface area contributed by atoms with Gasteiger partial charge in [-0.15, -0.1) is 0 Å². The first-order valence-electron chi connectivity index (χ1n) is 5.89. The Morgan fingerprint density at radius 2 is 2.05 bits per heavy atom. The molecule has 0 N–H and O–H groups in total. The van der Waals surface area contributed by atoms with Gasteiger partial charge in [-0.1, -0.05) is 0 Å². The Bertz CT molecular complexity index is 596. The molecule has 0 unspecified atom stereocenters. The quantitative estimate of drug-likeness (QED) is 0.754. The lowest BCUT2D eigenvalue weighted by Crippen LogP contribution is -2.38. The van der Waals surface area contributed by atoms with Crippen LogP contribution in [-0.2, 0) is 14.8 Å². The molecule has 0 saturated carbocycles. The monoisotopic (exact) mass is 279 g/mol. The van der Waals surface area contributed by atoms with E-state index in [2.05, 4.69) is 4.98 Å². The summed E-state index contributed by atoms with van der Waals surface area (Å²) in [5.41, 5.74) is 0.179. The molecular formula is C12H13N3O3S. The molecular weight excluding hydrogens is 266 g/mol. The van der Waals surface area contributed by atoms with Gasteiger partial charge in [-0.25, -0.2) is 13.4 Å². The van der Waals surface area contributed by atoms with Crippen molar-refractivity contribution in [3.05, 3.63) is 24.0 Å². The number of piperidine rings is 1. The van der Waals surface area contributed by atoms with E-state index in [0.29, 0.717) is 25.9 Å². The molecule has 7 heteroatoms. The first kappa shape index (κ1) is 13.6. The lowest BCUT2D eigenvalue weighted by atomic mass is 10.0. The van der Waals surface area contributed by atoms with E-state index in [0.717, 1.165) is 6.29 Å². The van der Waals surface area contributed by atoms with Crippen molar-refractivity contribution >= 4 is 16.3 Å². The van der Waals surface area contributed by atoms with Crippen LogP contribution in [-0.4, -0.2) is 37.1 Å². The van der Waals surface area contributed by atoms with Crippen LogP contribution >= 0.6 is 0 Å². The topological polar surface area (TPSA) is 91.1 Å². The molecule has 0 amide bonds. The van der Waals surface area contributed by atoms with Crippen LogP contribution < -0.4 is 0 Å². The fourth-order valence-corrected chi connectivity index (χ4v) is 3.42. The van der Waals surface area contributed by atoms with Crippen molar-refractivity contribution in [2.45, 2.75) is 17.7 Å². The van der Waals surface area contributed by atoms with Crippen molar-refractivity contribution in [2.75, 3.05) is 13.1 Å². The average molecular weight is 279 g/mol. The predicted molar refractivity (Wildman–Crippen MR) is 66.5 cm³/mol. The molecule has 1 aliphatic rings.